The molecule has 1 saturated heterocycles. The van der Waals surface area contributed by atoms with Gasteiger partial charge < -0.3 is 15.5 Å². The number of hydrogen-bond donors (Lipinski definition) is 2. The number of carbonyl (C=O) groups excluding carboxylic acids is 1. The van der Waals surface area contributed by atoms with Crippen molar-refractivity contribution in [3.05, 3.63) is 23.9 Å². The molecule has 0 aromatic carbocycles. The Morgan fingerprint density at radius 2 is 2.10 bits per heavy atom. The molecule has 2 heterocycles. The Hall–Kier alpha value is -1.78. The van der Waals surface area contributed by atoms with Gasteiger partial charge in [0.25, 0.3) is 0 Å². The third-order valence-corrected chi connectivity index (χ3v) is 3.76. The molecule has 2 N–H and O–H groups in total. The summed E-state index contributed by atoms with van der Waals surface area (Å²) in [6.45, 7) is 5.61. The van der Waals surface area contributed by atoms with E-state index in [1.54, 1.807) is 0 Å². The largest absolute Gasteiger partial charge is 0.357 e. The fourth-order valence-electron chi connectivity index (χ4n) is 2.51. The van der Waals surface area contributed by atoms with E-state index in [9.17, 15) is 4.79 Å². The second-order valence-electron chi connectivity index (χ2n) is 5.53. The summed E-state index contributed by atoms with van der Waals surface area (Å²) in [6, 6.07) is 3.94. The van der Waals surface area contributed by atoms with Crippen LogP contribution in [0.4, 0.5) is 10.6 Å². The first-order valence-corrected chi connectivity index (χ1v) is 8.01. The van der Waals surface area contributed by atoms with Crippen molar-refractivity contribution in [2.24, 2.45) is 0 Å². The lowest BCUT2D eigenvalue weighted by Gasteiger charge is -2.17. The number of anilines is 1. The van der Waals surface area contributed by atoms with Gasteiger partial charge in [-0.3, -0.25) is 0 Å². The monoisotopic (exact) mass is 290 g/mol. The van der Waals surface area contributed by atoms with Gasteiger partial charge in [0.2, 0.25) is 0 Å². The van der Waals surface area contributed by atoms with E-state index in [4.69, 9.17) is 0 Å². The minimum absolute atomic E-state index is 0.0920. The number of aromatic nitrogens is 1. The molecule has 0 aliphatic carbocycles. The van der Waals surface area contributed by atoms with E-state index in [1.807, 2.05) is 12.3 Å². The number of nitrogens with zero attached hydrogens (tertiary/aromatic N) is 2. The minimum Gasteiger partial charge on any atom is -0.357 e. The molecule has 21 heavy (non-hydrogen) atoms. The molecule has 1 aliphatic heterocycles. The summed E-state index contributed by atoms with van der Waals surface area (Å²) in [5, 5.41) is 5.78. The van der Waals surface area contributed by atoms with Gasteiger partial charge in [-0.1, -0.05) is 19.8 Å². The van der Waals surface area contributed by atoms with Crippen LogP contribution in [0, 0.1) is 0 Å². The second kappa shape index (κ2) is 8.49. The predicted octanol–water partition coefficient (Wildman–Crippen LogP) is 2.67. The van der Waals surface area contributed by atoms with E-state index in [-0.39, 0.29) is 6.03 Å². The van der Waals surface area contributed by atoms with Crippen molar-refractivity contribution in [3.63, 3.8) is 0 Å². The maximum Gasteiger partial charge on any atom is 0.315 e. The van der Waals surface area contributed by atoms with Gasteiger partial charge in [-0.25, -0.2) is 9.78 Å². The van der Waals surface area contributed by atoms with Crippen molar-refractivity contribution in [2.75, 3.05) is 24.5 Å². The van der Waals surface area contributed by atoms with Gasteiger partial charge in [-0.05, 0) is 37.0 Å². The van der Waals surface area contributed by atoms with E-state index in [2.05, 4.69) is 33.5 Å². The molecule has 0 bridgehead atoms. The fourth-order valence-corrected chi connectivity index (χ4v) is 2.51. The normalized spacial score (nSPS) is 14.2. The molecule has 1 aromatic heterocycles. The number of amides is 2. The Morgan fingerprint density at radius 1 is 1.29 bits per heavy atom. The highest BCUT2D eigenvalue weighted by Gasteiger charge is 2.13. The highest BCUT2D eigenvalue weighted by Crippen LogP contribution is 2.18. The van der Waals surface area contributed by atoms with Crippen LogP contribution in [0.15, 0.2) is 18.3 Å². The third kappa shape index (κ3) is 5.25. The maximum atomic E-state index is 11.7. The first-order chi connectivity index (χ1) is 10.3. The molecule has 5 heteroatoms. The van der Waals surface area contributed by atoms with Crippen LogP contribution in [-0.2, 0) is 6.54 Å². The lowest BCUT2D eigenvalue weighted by Crippen LogP contribution is -2.35. The molecule has 1 aromatic rings. The standard InChI is InChI=1S/C16H26N4O/c1-2-3-4-8-18-16(21)19-13-14-7-9-17-15(12-14)20-10-5-6-11-20/h7,9,12H,2-6,8,10-11,13H2,1H3,(H2,18,19,21). The molecular weight excluding hydrogens is 264 g/mol. The van der Waals surface area contributed by atoms with Crippen LogP contribution >= 0.6 is 0 Å². The van der Waals surface area contributed by atoms with Gasteiger partial charge in [-0.2, -0.15) is 0 Å². The lowest BCUT2D eigenvalue weighted by molar-refractivity contribution is 0.240. The maximum absolute atomic E-state index is 11.7. The van der Waals surface area contributed by atoms with Crippen molar-refractivity contribution in [1.29, 1.82) is 0 Å². The van der Waals surface area contributed by atoms with Gasteiger partial charge in [-0.15, -0.1) is 0 Å². The summed E-state index contributed by atoms with van der Waals surface area (Å²) in [5.41, 5.74) is 1.09. The smallest absolute Gasteiger partial charge is 0.315 e. The van der Waals surface area contributed by atoms with Gasteiger partial charge >= 0.3 is 6.03 Å². The molecule has 0 unspecified atom stereocenters. The van der Waals surface area contributed by atoms with Gasteiger partial charge in [0.1, 0.15) is 5.82 Å². The Balaban J connectivity index is 1.75. The highest BCUT2D eigenvalue weighted by molar-refractivity contribution is 5.73. The Kier molecular flexibility index (Phi) is 6.31. The number of unbranched alkanes of at least 4 members (excludes halogenated alkanes) is 2. The van der Waals surface area contributed by atoms with Gasteiger partial charge in [0, 0.05) is 32.4 Å². The lowest BCUT2D eigenvalue weighted by atomic mass is 10.2. The van der Waals surface area contributed by atoms with Crippen molar-refractivity contribution < 1.29 is 4.79 Å². The summed E-state index contributed by atoms with van der Waals surface area (Å²) in [5.74, 6) is 1.02. The van der Waals surface area contributed by atoms with Crippen molar-refractivity contribution in [3.8, 4) is 0 Å². The zero-order valence-corrected chi connectivity index (χ0v) is 12.9. The highest BCUT2D eigenvalue weighted by atomic mass is 16.2. The van der Waals surface area contributed by atoms with E-state index in [1.165, 1.54) is 19.3 Å². The molecule has 0 radical (unpaired) electrons. The number of hydrogen-bond acceptors (Lipinski definition) is 3. The zero-order chi connectivity index (χ0) is 14.9. The molecule has 0 saturated carbocycles. The van der Waals surface area contributed by atoms with Gasteiger partial charge in [0.05, 0.1) is 0 Å². The second-order valence-corrected chi connectivity index (χ2v) is 5.53. The van der Waals surface area contributed by atoms with Gasteiger partial charge in [0.15, 0.2) is 0 Å². The topological polar surface area (TPSA) is 57.3 Å². The summed E-state index contributed by atoms with van der Waals surface area (Å²) >= 11 is 0. The number of nitrogens with one attached hydrogen (secondary N) is 2. The zero-order valence-electron chi connectivity index (χ0n) is 12.9. The van der Waals surface area contributed by atoms with E-state index in [0.717, 1.165) is 43.9 Å². The Morgan fingerprint density at radius 3 is 2.86 bits per heavy atom. The molecule has 0 spiro atoms. The van der Waals surface area contributed by atoms with Crippen LogP contribution in [0.5, 0.6) is 0 Å². The fraction of sp³-hybridized carbons (Fsp3) is 0.625. The van der Waals surface area contributed by atoms with E-state index in [0.29, 0.717) is 6.54 Å². The van der Waals surface area contributed by atoms with Crippen molar-refractivity contribution >= 4 is 11.8 Å². The molecule has 116 valence electrons. The molecule has 5 nitrogen and oxygen atoms in total. The molecule has 1 aliphatic rings. The van der Waals surface area contributed by atoms with E-state index < -0.39 is 0 Å². The van der Waals surface area contributed by atoms with Crippen molar-refractivity contribution in [2.45, 2.75) is 45.6 Å². The van der Waals surface area contributed by atoms with Crippen LogP contribution in [0.1, 0.15) is 44.6 Å². The minimum atomic E-state index is -0.0920. The third-order valence-electron chi connectivity index (χ3n) is 3.76. The first-order valence-electron chi connectivity index (χ1n) is 8.01. The van der Waals surface area contributed by atoms with E-state index >= 15 is 0 Å². The number of urea groups is 1. The molecule has 2 amide bonds. The molecule has 2 rings (SSSR count). The van der Waals surface area contributed by atoms with Crippen LogP contribution in [-0.4, -0.2) is 30.6 Å². The summed E-state index contributed by atoms with van der Waals surface area (Å²) in [6.07, 6.45) is 7.67. The summed E-state index contributed by atoms with van der Waals surface area (Å²) in [7, 11) is 0. The Bertz CT molecular complexity index is 444. The van der Waals surface area contributed by atoms with Crippen LogP contribution < -0.4 is 15.5 Å². The molecule has 0 atom stereocenters. The average molecular weight is 290 g/mol. The molecular formula is C16H26N4O. The summed E-state index contributed by atoms with van der Waals surface area (Å²) in [4.78, 5) is 18.4. The SMILES string of the molecule is CCCCCNC(=O)NCc1ccnc(N2CCCC2)c1. The first kappa shape index (κ1) is 15.6. The van der Waals surface area contributed by atoms with Crippen LogP contribution in [0.2, 0.25) is 0 Å². The average Bonchev–Trinajstić information content (AvgIpc) is 3.04. The quantitative estimate of drug-likeness (QED) is 0.759. The number of rotatable bonds is 7. The number of pyridine rings is 1. The van der Waals surface area contributed by atoms with Crippen LogP contribution in [0.3, 0.4) is 0 Å². The van der Waals surface area contributed by atoms with Crippen molar-refractivity contribution in [1.82, 2.24) is 15.6 Å². The summed E-state index contributed by atoms with van der Waals surface area (Å²) < 4.78 is 0. The van der Waals surface area contributed by atoms with Crippen LogP contribution in [0.25, 0.3) is 0 Å². The molecule has 1 fully saturated rings. The predicted molar refractivity (Wildman–Crippen MR) is 85.4 cm³/mol. The number of carbonyl (C=O) groups is 1. The Labute approximate surface area is 127 Å².